The van der Waals surface area contributed by atoms with Gasteiger partial charge in [0.25, 0.3) is 5.91 Å². The van der Waals surface area contributed by atoms with Crippen LogP contribution in [0.3, 0.4) is 0 Å². The molecule has 1 aromatic carbocycles. The van der Waals surface area contributed by atoms with Gasteiger partial charge in [-0.3, -0.25) is 4.79 Å². The molecule has 0 radical (unpaired) electrons. The number of hydrogen-bond acceptors (Lipinski definition) is 6. The largest absolute Gasteiger partial charge is 0.490 e. The standard InChI is InChI=1S/C31H36N4O4/c1-20(2)39-28-12-11-23(17-24(28)18-32)30(37)33-25(13-15-36)16-21-7-9-22(10-8-21)27-19-35-14-5-6-26(29(35)34-27)31(3,4)38/h5-9,11-12,14,17,19-20,22,25,36,38H,10,13,15-16H2,1-4H3,(H,33,37). The van der Waals surface area contributed by atoms with Gasteiger partial charge in [0, 0.05) is 42.1 Å². The quantitative estimate of drug-likeness (QED) is 0.349. The number of rotatable bonds is 10. The zero-order valence-corrected chi connectivity index (χ0v) is 22.9. The Morgan fingerprint density at radius 2 is 2.13 bits per heavy atom. The van der Waals surface area contributed by atoms with Gasteiger partial charge in [-0.1, -0.05) is 29.9 Å². The van der Waals surface area contributed by atoms with Gasteiger partial charge in [-0.25, -0.2) is 4.98 Å². The molecule has 0 fully saturated rings. The van der Waals surface area contributed by atoms with E-state index >= 15 is 0 Å². The Morgan fingerprint density at radius 1 is 1.33 bits per heavy atom. The number of ether oxygens (including phenoxy) is 1. The van der Waals surface area contributed by atoms with Crippen molar-refractivity contribution in [3.63, 3.8) is 0 Å². The van der Waals surface area contributed by atoms with Crippen molar-refractivity contribution in [3.05, 3.63) is 88.9 Å². The normalized spacial score (nSPS) is 16.2. The van der Waals surface area contributed by atoms with Crippen LogP contribution in [0.25, 0.3) is 5.65 Å². The van der Waals surface area contributed by atoms with E-state index in [9.17, 15) is 20.3 Å². The maximum Gasteiger partial charge on any atom is 0.251 e. The van der Waals surface area contributed by atoms with Crippen LogP contribution >= 0.6 is 0 Å². The number of hydrogen-bond donors (Lipinski definition) is 3. The SMILES string of the molecule is CC(C)Oc1ccc(C(=O)NC(CCO)CC2=CCC(c3cn4cccc(C(C)(C)O)c4n3)C=C2)cc1C#N. The van der Waals surface area contributed by atoms with Gasteiger partial charge in [-0.2, -0.15) is 5.26 Å². The van der Waals surface area contributed by atoms with Crippen LogP contribution in [0.2, 0.25) is 0 Å². The molecule has 3 N–H and O–H groups in total. The number of fused-ring (bicyclic) bond motifs is 1. The minimum Gasteiger partial charge on any atom is -0.490 e. The zero-order valence-electron chi connectivity index (χ0n) is 22.9. The molecule has 4 rings (SSSR count). The van der Waals surface area contributed by atoms with E-state index in [0.29, 0.717) is 29.7 Å². The second-order valence-corrected chi connectivity index (χ2v) is 10.7. The van der Waals surface area contributed by atoms with Crippen LogP contribution in [-0.4, -0.2) is 44.3 Å². The third-order valence-corrected chi connectivity index (χ3v) is 6.74. The monoisotopic (exact) mass is 528 g/mol. The fourth-order valence-electron chi connectivity index (χ4n) is 4.77. The molecule has 8 nitrogen and oxygen atoms in total. The number of imidazole rings is 1. The fourth-order valence-corrected chi connectivity index (χ4v) is 4.77. The van der Waals surface area contributed by atoms with Crippen LogP contribution in [-0.2, 0) is 5.60 Å². The minimum atomic E-state index is -0.993. The number of aromatic nitrogens is 2. The van der Waals surface area contributed by atoms with Gasteiger partial charge in [0.2, 0.25) is 0 Å². The summed E-state index contributed by atoms with van der Waals surface area (Å²) in [5, 5.41) is 32.6. The van der Waals surface area contributed by atoms with Crippen molar-refractivity contribution in [1.29, 1.82) is 5.26 Å². The van der Waals surface area contributed by atoms with E-state index in [1.807, 2.05) is 42.8 Å². The highest BCUT2D eigenvalue weighted by Crippen LogP contribution is 2.31. The van der Waals surface area contributed by atoms with Crippen molar-refractivity contribution < 1.29 is 19.7 Å². The Bertz CT molecular complexity index is 1440. The van der Waals surface area contributed by atoms with Crippen molar-refractivity contribution in [2.24, 2.45) is 0 Å². The van der Waals surface area contributed by atoms with E-state index in [0.717, 1.165) is 28.9 Å². The smallest absolute Gasteiger partial charge is 0.251 e. The summed E-state index contributed by atoms with van der Waals surface area (Å²) in [6.07, 6.45) is 11.9. The van der Waals surface area contributed by atoms with Crippen molar-refractivity contribution in [2.75, 3.05) is 6.61 Å². The first-order chi connectivity index (χ1) is 18.6. The molecular formula is C31H36N4O4. The van der Waals surface area contributed by atoms with Gasteiger partial charge in [0.1, 0.15) is 17.5 Å². The summed E-state index contributed by atoms with van der Waals surface area (Å²) < 4.78 is 7.60. The molecule has 0 saturated carbocycles. The second-order valence-electron chi connectivity index (χ2n) is 10.7. The summed E-state index contributed by atoms with van der Waals surface area (Å²) in [7, 11) is 0. The Hall–Kier alpha value is -3.93. The van der Waals surface area contributed by atoms with Crippen LogP contribution in [0.4, 0.5) is 0 Å². The van der Waals surface area contributed by atoms with Gasteiger partial charge in [-0.15, -0.1) is 0 Å². The molecule has 0 aliphatic heterocycles. The molecule has 3 aromatic rings. The van der Waals surface area contributed by atoms with Gasteiger partial charge in [0.15, 0.2) is 0 Å². The number of aliphatic hydroxyl groups is 2. The van der Waals surface area contributed by atoms with Crippen LogP contribution in [0.5, 0.6) is 5.75 Å². The predicted molar refractivity (Wildman–Crippen MR) is 150 cm³/mol. The predicted octanol–water partition coefficient (Wildman–Crippen LogP) is 4.76. The first-order valence-electron chi connectivity index (χ1n) is 13.3. The highest BCUT2D eigenvalue weighted by Gasteiger charge is 2.23. The molecule has 204 valence electrons. The number of nitriles is 1. The third-order valence-electron chi connectivity index (χ3n) is 6.74. The highest BCUT2D eigenvalue weighted by atomic mass is 16.5. The van der Waals surface area contributed by atoms with Crippen LogP contribution in [0.1, 0.15) is 80.1 Å². The summed E-state index contributed by atoms with van der Waals surface area (Å²) in [5.41, 5.74) is 3.21. The van der Waals surface area contributed by atoms with Crippen molar-refractivity contribution in [1.82, 2.24) is 14.7 Å². The Kier molecular flexibility index (Phi) is 8.54. The van der Waals surface area contributed by atoms with Gasteiger partial charge < -0.3 is 24.7 Å². The topological polar surface area (TPSA) is 120 Å². The number of carbonyl (C=O) groups excluding carboxylic acids is 1. The summed E-state index contributed by atoms with van der Waals surface area (Å²) in [4.78, 5) is 17.8. The van der Waals surface area contributed by atoms with Crippen LogP contribution < -0.4 is 10.1 Å². The Balaban J connectivity index is 1.43. The lowest BCUT2D eigenvalue weighted by Crippen LogP contribution is -2.36. The number of aliphatic hydroxyl groups excluding tert-OH is 1. The molecule has 2 unspecified atom stereocenters. The van der Waals surface area contributed by atoms with Crippen LogP contribution in [0.15, 0.2) is 66.5 Å². The molecule has 1 aliphatic rings. The number of allylic oxidation sites excluding steroid dienone is 3. The number of pyridine rings is 1. The first kappa shape index (κ1) is 28.1. The van der Waals surface area contributed by atoms with E-state index < -0.39 is 5.60 Å². The number of amides is 1. The Labute approximate surface area is 229 Å². The summed E-state index contributed by atoms with van der Waals surface area (Å²) >= 11 is 0. The fraction of sp³-hybridized carbons (Fsp3) is 0.387. The molecule has 2 heterocycles. The van der Waals surface area contributed by atoms with E-state index in [-0.39, 0.29) is 30.6 Å². The minimum absolute atomic E-state index is 0.0556. The van der Waals surface area contributed by atoms with Gasteiger partial charge in [0.05, 0.1) is 23.0 Å². The second kappa shape index (κ2) is 11.9. The molecule has 8 heteroatoms. The molecule has 1 amide bonds. The molecule has 0 spiro atoms. The zero-order chi connectivity index (χ0) is 28.2. The van der Waals surface area contributed by atoms with E-state index in [4.69, 9.17) is 9.72 Å². The molecule has 0 bridgehead atoms. The van der Waals surface area contributed by atoms with Crippen molar-refractivity contribution in [3.8, 4) is 11.8 Å². The maximum absolute atomic E-state index is 13.0. The number of carbonyl (C=O) groups is 1. The van der Waals surface area contributed by atoms with Crippen LogP contribution in [0, 0.1) is 11.3 Å². The first-order valence-corrected chi connectivity index (χ1v) is 13.3. The van der Waals surface area contributed by atoms with E-state index in [1.165, 1.54) is 6.07 Å². The summed E-state index contributed by atoms with van der Waals surface area (Å²) in [6.45, 7) is 7.21. The number of benzene rings is 1. The maximum atomic E-state index is 13.0. The molecule has 2 aromatic heterocycles. The molecule has 0 saturated heterocycles. The molecular weight excluding hydrogens is 492 g/mol. The summed E-state index contributed by atoms with van der Waals surface area (Å²) in [5.74, 6) is 0.252. The Morgan fingerprint density at radius 3 is 2.77 bits per heavy atom. The lowest BCUT2D eigenvalue weighted by molar-refractivity contribution is 0.0796. The average molecular weight is 529 g/mol. The average Bonchev–Trinajstić information content (AvgIpc) is 3.33. The summed E-state index contributed by atoms with van der Waals surface area (Å²) in [6, 6.07) is 10.5. The van der Waals surface area contributed by atoms with Crippen molar-refractivity contribution >= 4 is 11.6 Å². The van der Waals surface area contributed by atoms with Crippen molar-refractivity contribution in [2.45, 2.75) is 70.6 Å². The number of nitrogens with zero attached hydrogens (tertiary/aromatic N) is 3. The third kappa shape index (κ3) is 6.75. The van der Waals surface area contributed by atoms with E-state index in [2.05, 4.69) is 29.6 Å². The molecule has 1 aliphatic carbocycles. The molecule has 2 atom stereocenters. The molecule has 39 heavy (non-hydrogen) atoms. The lowest BCUT2D eigenvalue weighted by atomic mass is 9.91. The van der Waals surface area contributed by atoms with Gasteiger partial charge >= 0.3 is 0 Å². The lowest BCUT2D eigenvalue weighted by Gasteiger charge is -2.21. The number of nitrogens with one attached hydrogen (secondary N) is 1. The van der Waals surface area contributed by atoms with E-state index in [1.54, 1.807) is 26.0 Å². The van der Waals surface area contributed by atoms with Gasteiger partial charge in [-0.05, 0) is 71.2 Å². The highest BCUT2D eigenvalue weighted by molar-refractivity contribution is 5.95.